The number of nitrogens with zero attached hydrogens (tertiary/aromatic N) is 2. The van der Waals surface area contributed by atoms with Gasteiger partial charge in [0.2, 0.25) is 5.89 Å². The molecule has 0 bridgehead atoms. The summed E-state index contributed by atoms with van der Waals surface area (Å²) < 4.78 is 10.9. The molecule has 0 atom stereocenters. The van der Waals surface area contributed by atoms with Gasteiger partial charge in [0, 0.05) is 19.1 Å². The Kier molecular flexibility index (Phi) is 4.08. The monoisotopic (exact) mass is 279 g/mol. The average Bonchev–Trinajstić information content (AvgIpc) is 3.00. The van der Waals surface area contributed by atoms with Crippen molar-refractivity contribution < 1.29 is 9.26 Å². The van der Waals surface area contributed by atoms with E-state index in [4.69, 9.17) is 15.0 Å². The van der Waals surface area contributed by atoms with Crippen LogP contribution in [0.3, 0.4) is 0 Å². The summed E-state index contributed by atoms with van der Waals surface area (Å²) in [6.07, 6.45) is 7.46. The van der Waals surface area contributed by atoms with Crippen LogP contribution in [0.1, 0.15) is 69.5 Å². The summed E-state index contributed by atoms with van der Waals surface area (Å²) in [7, 11) is 0. The van der Waals surface area contributed by atoms with Gasteiger partial charge in [-0.25, -0.2) is 0 Å². The van der Waals surface area contributed by atoms with Crippen LogP contribution < -0.4 is 5.73 Å². The fraction of sp³-hybridized carbons (Fsp3) is 0.867. The van der Waals surface area contributed by atoms with E-state index in [1.165, 1.54) is 19.3 Å². The van der Waals surface area contributed by atoms with Gasteiger partial charge < -0.3 is 15.0 Å². The second kappa shape index (κ2) is 5.82. The summed E-state index contributed by atoms with van der Waals surface area (Å²) in [6.45, 7) is 3.84. The Morgan fingerprint density at radius 3 is 2.55 bits per heavy atom. The molecular formula is C15H25N3O2. The largest absolute Gasteiger partial charge is 0.381 e. The first-order valence-electron chi connectivity index (χ1n) is 7.92. The van der Waals surface area contributed by atoms with Crippen molar-refractivity contribution in [1.29, 1.82) is 0 Å². The highest BCUT2D eigenvalue weighted by Gasteiger charge is 2.38. The van der Waals surface area contributed by atoms with Crippen LogP contribution in [0.2, 0.25) is 0 Å². The van der Waals surface area contributed by atoms with Crippen LogP contribution in [0.15, 0.2) is 4.52 Å². The molecule has 1 aromatic rings. The predicted octanol–water partition coefficient (Wildman–Crippen LogP) is 2.72. The second-order valence-electron chi connectivity index (χ2n) is 6.35. The number of ether oxygens (including phenoxy) is 1. The number of nitrogens with two attached hydrogens (primary N) is 1. The SMILES string of the molecule is CCC1CCC(N)(c2nc(C3CCOCC3)no2)CC1. The first kappa shape index (κ1) is 14.0. The van der Waals surface area contributed by atoms with E-state index in [-0.39, 0.29) is 0 Å². The highest BCUT2D eigenvalue weighted by Crippen LogP contribution is 2.38. The van der Waals surface area contributed by atoms with Crippen LogP contribution in [-0.2, 0) is 10.3 Å². The van der Waals surface area contributed by atoms with E-state index in [9.17, 15) is 0 Å². The van der Waals surface area contributed by atoms with Crippen molar-refractivity contribution in [3.8, 4) is 0 Å². The molecule has 5 nitrogen and oxygen atoms in total. The number of hydrogen-bond donors (Lipinski definition) is 1. The summed E-state index contributed by atoms with van der Waals surface area (Å²) in [6, 6.07) is 0. The second-order valence-corrected chi connectivity index (χ2v) is 6.35. The Balaban J connectivity index is 1.69. The maximum Gasteiger partial charge on any atom is 0.246 e. The minimum Gasteiger partial charge on any atom is -0.381 e. The van der Waals surface area contributed by atoms with Crippen LogP contribution in [0.25, 0.3) is 0 Å². The van der Waals surface area contributed by atoms with Crippen LogP contribution in [0, 0.1) is 5.92 Å². The van der Waals surface area contributed by atoms with Gasteiger partial charge in [-0.3, -0.25) is 0 Å². The summed E-state index contributed by atoms with van der Waals surface area (Å²) in [5, 5.41) is 4.18. The first-order chi connectivity index (χ1) is 9.71. The maximum absolute atomic E-state index is 6.52. The lowest BCUT2D eigenvalue weighted by Crippen LogP contribution is -2.40. The Morgan fingerprint density at radius 2 is 1.90 bits per heavy atom. The zero-order valence-electron chi connectivity index (χ0n) is 12.3. The lowest BCUT2D eigenvalue weighted by Gasteiger charge is -2.33. The molecule has 1 aromatic heterocycles. The molecule has 0 radical (unpaired) electrons. The lowest BCUT2D eigenvalue weighted by atomic mass is 9.76. The van der Waals surface area contributed by atoms with Crippen LogP contribution >= 0.6 is 0 Å². The molecule has 3 rings (SSSR count). The molecule has 20 heavy (non-hydrogen) atoms. The summed E-state index contributed by atoms with van der Waals surface area (Å²) in [5.74, 6) is 2.65. The third-order valence-electron chi connectivity index (χ3n) is 5.03. The quantitative estimate of drug-likeness (QED) is 0.920. The van der Waals surface area contributed by atoms with E-state index >= 15 is 0 Å². The smallest absolute Gasteiger partial charge is 0.246 e. The molecule has 1 aliphatic heterocycles. The normalized spacial score (nSPS) is 32.4. The summed E-state index contributed by atoms with van der Waals surface area (Å²) in [5.41, 5.74) is 6.12. The van der Waals surface area contributed by atoms with Gasteiger partial charge in [0.1, 0.15) is 0 Å². The van der Waals surface area contributed by atoms with E-state index in [2.05, 4.69) is 17.1 Å². The predicted molar refractivity (Wildman–Crippen MR) is 75.2 cm³/mol. The summed E-state index contributed by atoms with van der Waals surface area (Å²) >= 11 is 0. The van der Waals surface area contributed by atoms with Crippen LogP contribution in [0.4, 0.5) is 0 Å². The summed E-state index contributed by atoms with van der Waals surface area (Å²) in [4.78, 5) is 4.62. The van der Waals surface area contributed by atoms with Gasteiger partial charge in [-0.15, -0.1) is 0 Å². The third kappa shape index (κ3) is 2.74. The van der Waals surface area contributed by atoms with Crippen LogP contribution in [0.5, 0.6) is 0 Å². The number of hydrogen-bond acceptors (Lipinski definition) is 5. The Morgan fingerprint density at radius 1 is 1.20 bits per heavy atom. The topological polar surface area (TPSA) is 74.2 Å². The van der Waals surface area contributed by atoms with E-state index in [1.54, 1.807) is 0 Å². The lowest BCUT2D eigenvalue weighted by molar-refractivity contribution is 0.0830. The van der Waals surface area contributed by atoms with E-state index in [0.717, 1.165) is 50.6 Å². The van der Waals surface area contributed by atoms with Gasteiger partial charge in [-0.2, -0.15) is 4.98 Å². The van der Waals surface area contributed by atoms with Gasteiger partial charge >= 0.3 is 0 Å². The van der Waals surface area contributed by atoms with Gasteiger partial charge in [0.15, 0.2) is 5.82 Å². The van der Waals surface area contributed by atoms with Crippen molar-refractivity contribution in [1.82, 2.24) is 10.1 Å². The third-order valence-corrected chi connectivity index (χ3v) is 5.03. The van der Waals surface area contributed by atoms with Crippen molar-refractivity contribution in [2.45, 2.75) is 63.3 Å². The fourth-order valence-electron chi connectivity index (χ4n) is 3.37. The minimum absolute atomic E-state index is 0.372. The van der Waals surface area contributed by atoms with Gasteiger partial charge in [0.05, 0.1) is 5.54 Å². The number of aromatic nitrogens is 2. The van der Waals surface area contributed by atoms with Gasteiger partial charge in [-0.05, 0) is 44.4 Å². The molecule has 2 heterocycles. The zero-order valence-corrected chi connectivity index (χ0v) is 12.3. The molecule has 0 amide bonds. The molecule has 0 spiro atoms. The average molecular weight is 279 g/mol. The van der Waals surface area contributed by atoms with E-state index in [0.29, 0.717) is 11.8 Å². The van der Waals surface area contributed by atoms with Crippen molar-refractivity contribution in [2.24, 2.45) is 11.7 Å². The molecule has 1 aliphatic carbocycles. The van der Waals surface area contributed by atoms with E-state index in [1.807, 2.05) is 0 Å². The van der Waals surface area contributed by atoms with Crippen molar-refractivity contribution in [3.05, 3.63) is 11.7 Å². The molecule has 5 heteroatoms. The Hall–Kier alpha value is -0.940. The molecule has 0 unspecified atom stereocenters. The van der Waals surface area contributed by atoms with Crippen molar-refractivity contribution >= 4 is 0 Å². The molecule has 2 aliphatic rings. The first-order valence-corrected chi connectivity index (χ1v) is 7.92. The van der Waals surface area contributed by atoms with Gasteiger partial charge in [-0.1, -0.05) is 18.5 Å². The molecule has 2 fully saturated rings. The molecule has 1 saturated carbocycles. The maximum atomic E-state index is 6.52. The highest BCUT2D eigenvalue weighted by atomic mass is 16.5. The van der Waals surface area contributed by atoms with Crippen LogP contribution in [-0.4, -0.2) is 23.4 Å². The Labute approximate surface area is 120 Å². The standard InChI is InChI=1S/C15H25N3O2/c1-2-11-3-7-15(16,8-4-11)14-17-13(18-20-14)12-5-9-19-10-6-12/h11-12H,2-10,16H2,1H3. The molecule has 112 valence electrons. The molecule has 2 N–H and O–H groups in total. The molecule has 0 aromatic carbocycles. The van der Waals surface area contributed by atoms with Crippen molar-refractivity contribution in [3.63, 3.8) is 0 Å². The molecular weight excluding hydrogens is 254 g/mol. The van der Waals surface area contributed by atoms with Crippen molar-refractivity contribution in [2.75, 3.05) is 13.2 Å². The molecule has 1 saturated heterocycles. The zero-order chi connectivity index (χ0) is 14.0. The number of rotatable bonds is 3. The fourth-order valence-corrected chi connectivity index (χ4v) is 3.37. The minimum atomic E-state index is -0.401. The van der Waals surface area contributed by atoms with Gasteiger partial charge in [0.25, 0.3) is 0 Å². The van der Waals surface area contributed by atoms with E-state index < -0.39 is 5.54 Å². The highest BCUT2D eigenvalue weighted by molar-refractivity contribution is 5.06. The Bertz CT molecular complexity index is 432.